The number of allylic oxidation sites excluding steroid dienone is 1. The normalized spacial score (nSPS) is 54.2. The molecule has 0 aromatic rings. The fourth-order valence-electron chi connectivity index (χ4n) is 6.19. The topological polar surface area (TPSA) is 17.1 Å². The molecule has 1 nitrogen and oxygen atoms in total. The van der Waals surface area contributed by atoms with Crippen molar-refractivity contribution in [1.82, 2.24) is 0 Å². The smallest absolute Gasteiger partial charge is 0.212 e. The lowest BCUT2D eigenvalue weighted by atomic mass is 9.50. The Balaban J connectivity index is 1.68. The third kappa shape index (κ3) is 1.73. The van der Waals surface area contributed by atoms with E-state index in [0.717, 1.165) is 17.8 Å². The van der Waals surface area contributed by atoms with Gasteiger partial charge in [0.1, 0.15) is 0 Å². The van der Waals surface area contributed by atoms with E-state index in [4.69, 9.17) is 0 Å². The van der Waals surface area contributed by atoms with Gasteiger partial charge in [-0.05, 0) is 67.8 Å². The number of hydrogen-bond donors (Lipinski definition) is 0. The maximum absolute atomic E-state index is 11.7. The van der Waals surface area contributed by atoms with Gasteiger partial charge in [-0.2, -0.15) is 0 Å². The number of fused-ring (bicyclic) bond motifs is 5. The van der Waals surface area contributed by atoms with Gasteiger partial charge in [-0.1, -0.05) is 38.1 Å². The Morgan fingerprint density at radius 1 is 1.10 bits per heavy atom. The average molecular weight is 290 g/mol. The Hall–Kier alpha value is -0.240. The first-order chi connectivity index (χ1) is 9.53. The molecule has 0 spiro atoms. The van der Waals surface area contributed by atoms with Crippen molar-refractivity contribution >= 4 is 16.9 Å². The maximum Gasteiger partial charge on any atom is 0.212 e. The minimum Gasteiger partial charge on any atom is -0.282 e. The maximum atomic E-state index is 11.7. The van der Waals surface area contributed by atoms with E-state index in [2.05, 4.69) is 19.9 Å². The van der Waals surface area contributed by atoms with Crippen molar-refractivity contribution in [3.05, 3.63) is 12.2 Å². The molecule has 0 radical (unpaired) electrons. The molecule has 0 N–H and O–H groups in total. The number of carbonyl (C=O) groups excluding carboxylic acids is 1. The highest BCUT2D eigenvalue weighted by atomic mass is 32.2. The molecule has 1 heterocycles. The predicted octanol–water partition coefficient (Wildman–Crippen LogP) is 4.82. The van der Waals surface area contributed by atoms with E-state index in [1.165, 1.54) is 44.9 Å². The predicted molar refractivity (Wildman–Crippen MR) is 84.5 cm³/mol. The van der Waals surface area contributed by atoms with Gasteiger partial charge in [0.15, 0.2) is 0 Å². The van der Waals surface area contributed by atoms with Crippen LogP contribution in [0.2, 0.25) is 0 Å². The zero-order valence-electron chi connectivity index (χ0n) is 12.7. The second kappa shape index (κ2) is 4.38. The van der Waals surface area contributed by atoms with Gasteiger partial charge in [-0.25, -0.2) is 0 Å². The van der Waals surface area contributed by atoms with Crippen molar-refractivity contribution in [3.8, 4) is 0 Å². The SMILES string of the molecule is C[C@@]12CCC[C@H]1[C@@H]1CC[C@H]3SC(=O)C=C[C@]3(C)[C@H]1CC2. The highest BCUT2D eigenvalue weighted by molar-refractivity contribution is 8.14. The molecule has 110 valence electrons. The van der Waals surface area contributed by atoms with Crippen molar-refractivity contribution in [2.45, 2.75) is 64.0 Å². The monoisotopic (exact) mass is 290 g/mol. The molecule has 3 aliphatic carbocycles. The largest absolute Gasteiger partial charge is 0.282 e. The summed E-state index contributed by atoms with van der Waals surface area (Å²) in [5.74, 6) is 2.72. The van der Waals surface area contributed by atoms with E-state index in [0.29, 0.717) is 10.7 Å². The molecular formula is C18H26OS. The highest BCUT2D eigenvalue weighted by Gasteiger charge is 2.57. The Bertz CT molecular complexity index is 470. The van der Waals surface area contributed by atoms with Gasteiger partial charge in [0.25, 0.3) is 0 Å². The summed E-state index contributed by atoms with van der Waals surface area (Å²) >= 11 is 1.62. The summed E-state index contributed by atoms with van der Waals surface area (Å²) in [4.78, 5) is 11.7. The van der Waals surface area contributed by atoms with Crippen LogP contribution < -0.4 is 0 Å². The first-order valence-electron chi connectivity index (χ1n) is 8.43. The second-order valence-electron chi connectivity index (χ2n) is 8.16. The fraction of sp³-hybridized carbons (Fsp3) is 0.833. The van der Waals surface area contributed by atoms with Crippen molar-refractivity contribution in [2.24, 2.45) is 28.6 Å². The summed E-state index contributed by atoms with van der Waals surface area (Å²) in [7, 11) is 0. The van der Waals surface area contributed by atoms with Crippen LogP contribution in [0.1, 0.15) is 58.8 Å². The zero-order valence-corrected chi connectivity index (χ0v) is 13.5. The Kier molecular flexibility index (Phi) is 2.94. The Morgan fingerprint density at radius 2 is 1.95 bits per heavy atom. The van der Waals surface area contributed by atoms with E-state index in [9.17, 15) is 4.79 Å². The van der Waals surface area contributed by atoms with Crippen LogP contribution in [-0.2, 0) is 4.79 Å². The quantitative estimate of drug-likeness (QED) is 0.636. The summed E-state index contributed by atoms with van der Waals surface area (Å²) in [5.41, 5.74) is 0.928. The lowest BCUT2D eigenvalue weighted by molar-refractivity contribution is -0.107. The van der Waals surface area contributed by atoms with Crippen LogP contribution in [-0.4, -0.2) is 10.4 Å². The first kappa shape index (κ1) is 13.4. The molecule has 4 aliphatic rings. The summed E-state index contributed by atoms with van der Waals surface area (Å²) in [6.45, 7) is 5.01. The molecule has 0 amide bonds. The lowest BCUT2D eigenvalue weighted by Gasteiger charge is -2.57. The standard InChI is InChI=1S/C18H26OS/c1-17-9-3-4-13(17)12-5-6-15-18(2,14(12)7-10-17)11-8-16(19)20-15/h8,11-15H,3-7,9-10H2,1-2H3/t12-,13-,14-,15+,17-,18+/m0/s1. The van der Waals surface area contributed by atoms with Crippen LogP contribution in [0, 0.1) is 28.6 Å². The van der Waals surface area contributed by atoms with Gasteiger partial charge in [0.2, 0.25) is 5.12 Å². The van der Waals surface area contributed by atoms with E-state index in [-0.39, 0.29) is 10.5 Å². The number of hydrogen-bond acceptors (Lipinski definition) is 2. The minimum atomic E-state index is 0.283. The molecule has 4 rings (SSSR count). The van der Waals surface area contributed by atoms with Crippen LogP contribution in [0.3, 0.4) is 0 Å². The van der Waals surface area contributed by atoms with Crippen LogP contribution in [0.25, 0.3) is 0 Å². The third-order valence-electron chi connectivity index (χ3n) is 7.31. The van der Waals surface area contributed by atoms with Gasteiger partial charge in [-0.15, -0.1) is 0 Å². The molecule has 0 aromatic carbocycles. The van der Waals surface area contributed by atoms with E-state index < -0.39 is 0 Å². The third-order valence-corrected chi connectivity index (χ3v) is 8.71. The summed E-state index contributed by atoms with van der Waals surface area (Å²) in [5, 5.41) is 0.833. The molecule has 2 heteroatoms. The van der Waals surface area contributed by atoms with E-state index in [1.54, 1.807) is 11.8 Å². The summed E-state index contributed by atoms with van der Waals surface area (Å²) < 4.78 is 0. The molecule has 20 heavy (non-hydrogen) atoms. The van der Waals surface area contributed by atoms with Gasteiger partial charge in [0, 0.05) is 10.7 Å². The number of carbonyl (C=O) groups is 1. The lowest BCUT2D eigenvalue weighted by Crippen LogP contribution is -2.52. The van der Waals surface area contributed by atoms with Gasteiger partial charge >= 0.3 is 0 Å². The molecule has 6 atom stereocenters. The number of rotatable bonds is 0. The van der Waals surface area contributed by atoms with Crippen molar-refractivity contribution in [1.29, 1.82) is 0 Å². The van der Waals surface area contributed by atoms with Crippen LogP contribution in [0.5, 0.6) is 0 Å². The highest BCUT2D eigenvalue weighted by Crippen LogP contribution is 2.64. The van der Waals surface area contributed by atoms with Gasteiger partial charge < -0.3 is 0 Å². The molecular weight excluding hydrogens is 264 g/mol. The van der Waals surface area contributed by atoms with Gasteiger partial charge in [0.05, 0.1) is 0 Å². The van der Waals surface area contributed by atoms with Crippen LogP contribution in [0.4, 0.5) is 0 Å². The summed E-state index contributed by atoms with van der Waals surface area (Å²) in [6.07, 6.45) is 14.0. The van der Waals surface area contributed by atoms with E-state index in [1.807, 2.05) is 6.08 Å². The fourth-order valence-corrected chi connectivity index (χ4v) is 7.38. The van der Waals surface area contributed by atoms with Gasteiger partial charge in [-0.3, -0.25) is 4.79 Å². The summed E-state index contributed by atoms with van der Waals surface area (Å²) in [6, 6.07) is 0. The molecule has 3 fully saturated rings. The van der Waals surface area contributed by atoms with E-state index >= 15 is 0 Å². The minimum absolute atomic E-state index is 0.283. The van der Waals surface area contributed by atoms with Crippen molar-refractivity contribution in [3.63, 3.8) is 0 Å². The van der Waals surface area contributed by atoms with Crippen molar-refractivity contribution in [2.75, 3.05) is 0 Å². The van der Waals surface area contributed by atoms with Crippen LogP contribution in [0.15, 0.2) is 12.2 Å². The molecule has 0 unspecified atom stereocenters. The average Bonchev–Trinajstić information content (AvgIpc) is 2.81. The molecule has 0 aromatic heterocycles. The second-order valence-corrected chi connectivity index (χ2v) is 9.37. The number of thioether (sulfide) groups is 1. The molecule has 0 saturated heterocycles. The Labute approximate surface area is 127 Å². The molecule has 3 saturated carbocycles. The Morgan fingerprint density at radius 3 is 2.80 bits per heavy atom. The molecule has 0 bridgehead atoms. The zero-order chi connectivity index (χ0) is 14.0. The first-order valence-corrected chi connectivity index (χ1v) is 9.31. The van der Waals surface area contributed by atoms with Crippen molar-refractivity contribution < 1.29 is 4.79 Å². The molecule has 1 aliphatic heterocycles. The van der Waals surface area contributed by atoms with Crippen LogP contribution >= 0.6 is 11.8 Å².